The van der Waals surface area contributed by atoms with Gasteiger partial charge >= 0.3 is 29.2 Å². The summed E-state index contributed by atoms with van der Waals surface area (Å²) < 4.78 is 52.4. The summed E-state index contributed by atoms with van der Waals surface area (Å²) >= 11 is 0. The van der Waals surface area contributed by atoms with Crippen LogP contribution in [-0.2, 0) is 38.1 Å². The molecule has 172 valence electrons. The van der Waals surface area contributed by atoms with Crippen molar-refractivity contribution in [3.8, 4) is 0 Å². The fourth-order valence-corrected chi connectivity index (χ4v) is 5.81. The Hall–Kier alpha value is -0.950. The third-order valence-electron chi connectivity index (χ3n) is 4.04. The monoisotopic (exact) mass is 494 g/mol. The zero-order valence-electron chi connectivity index (χ0n) is 15.7. The molecule has 2 rings (SSSR count). The van der Waals surface area contributed by atoms with Crippen LogP contribution in [0.3, 0.4) is 0 Å². The van der Waals surface area contributed by atoms with E-state index in [1.165, 1.54) is 17.7 Å². The van der Waals surface area contributed by atoms with Crippen LogP contribution in [-0.4, -0.2) is 47.9 Å². The van der Waals surface area contributed by atoms with Gasteiger partial charge in [-0.2, -0.15) is 8.62 Å². The number of aryl methyl sites for hydroxylation is 1. The van der Waals surface area contributed by atoms with Gasteiger partial charge in [0.15, 0.2) is 0 Å². The SMILES string of the molecule is Cc1cn(C[C@@H]2O[C@H](COP(=O)(O)OP(=O)(O)OP(=O)(O)O)C[C@@H]2C)c(=O)[nH]c1=O. The molecule has 1 saturated heterocycles. The summed E-state index contributed by atoms with van der Waals surface area (Å²) in [5.74, 6) is -0.126. The second kappa shape index (κ2) is 9.27. The van der Waals surface area contributed by atoms with Crippen molar-refractivity contribution in [1.29, 1.82) is 0 Å². The van der Waals surface area contributed by atoms with E-state index in [1.807, 2.05) is 0 Å². The number of aromatic nitrogens is 2. The zero-order valence-corrected chi connectivity index (χ0v) is 18.4. The van der Waals surface area contributed by atoms with Gasteiger partial charge in [-0.25, -0.2) is 18.5 Å². The van der Waals surface area contributed by atoms with Gasteiger partial charge in [0.2, 0.25) is 0 Å². The van der Waals surface area contributed by atoms with Gasteiger partial charge in [-0.3, -0.25) is 18.9 Å². The minimum Gasteiger partial charge on any atom is -0.370 e. The average molecular weight is 494 g/mol. The first-order valence-electron chi connectivity index (χ1n) is 8.31. The fourth-order valence-electron chi connectivity index (χ4n) is 2.76. The first-order valence-corrected chi connectivity index (χ1v) is 12.8. The van der Waals surface area contributed by atoms with Gasteiger partial charge in [0, 0.05) is 11.8 Å². The maximum Gasteiger partial charge on any atom is 0.490 e. The smallest absolute Gasteiger partial charge is 0.370 e. The Morgan fingerprint density at radius 1 is 1.17 bits per heavy atom. The molecule has 5 N–H and O–H groups in total. The second-order valence-corrected chi connectivity index (χ2v) is 11.0. The largest absolute Gasteiger partial charge is 0.490 e. The lowest BCUT2D eigenvalue weighted by Crippen LogP contribution is -2.35. The number of rotatable bonds is 9. The highest BCUT2D eigenvalue weighted by Crippen LogP contribution is 2.66. The Balaban J connectivity index is 1.95. The molecule has 0 amide bonds. The number of nitrogens with zero attached hydrogens (tertiary/aromatic N) is 1. The third kappa shape index (κ3) is 7.63. The van der Waals surface area contributed by atoms with E-state index in [4.69, 9.17) is 19.4 Å². The molecule has 5 atom stereocenters. The van der Waals surface area contributed by atoms with E-state index in [2.05, 4.69) is 18.1 Å². The predicted molar refractivity (Wildman–Crippen MR) is 98.3 cm³/mol. The summed E-state index contributed by atoms with van der Waals surface area (Å²) in [5.41, 5.74) is -0.812. The van der Waals surface area contributed by atoms with Crippen LogP contribution in [0.2, 0.25) is 0 Å². The Bertz CT molecular complexity index is 1030. The molecule has 1 fully saturated rings. The lowest BCUT2D eigenvalue weighted by atomic mass is 10.0. The van der Waals surface area contributed by atoms with Gasteiger partial charge in [0.05, 0.1) is 25.4 Å². The molecule has 0 radical (unpaired) electrons. The van der Waals surface area contributed by atoms with E-state index in [9.17, 15) is 28.2 Å². The van der Waals surface area contributed by atoms with Crippen molar-refractivity contribution in [2.24, 2.45) is 5.92 Å². The molecule has 2 heterocycles. The van der Waals surface area contributed by atoms with Crippen molar-refractivity contribution in [1.82, 2.24) is 9.55 Å². The highest BCUT2D eigenvalue weighted by atomic mass is 31.3. The molecule has 30 heavy (non-hydrogen) atoms. The highest BCUT2D eigenvalue weighted by molar-refractivity contribution is 7.66. The summed E-state index contributed by atoms with van der Waals surface area (Å²) in [7, 11) is -16.3. The molecule has 0 spiro atoms. The quantitative estimate of drug-likeness (QED) is 0.285. The number of ether oxygens (including phenoxy) is 1. The number of phosphoric acid groups is 3. The maximum atomic E-state index is 11.9. The fraction of sp³-hybridized carbons (Fsp3) is 0.667. The van der Waals surface area contributed by atoms with Crippen LogP contribution >= 0.6 is 23.5 Å². The van der Waals surface area contributed by atoms with Crippen LogP contribution < -0.4 is 11.2 Å². The number of phosphoric ester groups is 1. The number of H-pyrrole nitrogens is 1. The first-order chi connectivity index (χ1) is 13.6. The number of hydrogen-bond acceptors (Lipinski definition) is 9. The molecular formula is C12H21N2O13P3. The lowest BCUT2D eigenvalue weighted by Gasteiger charge is -2.19. The normalized spacial score (nSPS) is 26.3. The lowest BCUT2D eigenvalue weighted by molar-refractivity contribution is -0.00212. The van der Waals surface area contributed by atoms with E-state index in [0.29, 0.717) is 12.0 Å². The Kier molecular flexibility index (Phi) is 7.82. The van der Waals surface area contributed by atoms with Gasteiger partial charge < -0.3 is 24.3 Å². The van der Waals surface area contributed by atoms with Crippen LogP contribution in [0.15, 0.2) is 15.8 Å². The van der Waals surface area contributed by atoms with E-state index in [-0.39, 0.29) is 12.5 Å². The summed E-state index contributed by atoms with van der Waals surface area (Å²) in [5, 5.41) is 0. The summed E-state index contributed by atoms with van der Waals surface area (Å²) in [6.07, 6.45) is 0.436. The van der Waals surface area contributed by atoms with Gasteiger partial charge in [-0.05, 0) is 19.3 Å². The van der Waals surface area contributed by atoms with Crippen molar-refractivity contribution in [2.75, 3.05) is 6.61 Å². The molecular weight excluding hydrogens is 473 g/mol. The van der Waals surface area contributed by atoms with Gasteiger partial charge in [-0.1, -0.05) is 6.92 Å². The molecule has 15 nitrogen and oxygen atoms in total. The molecule has 2 unspecified atom stereocenters. The number of aromatic amines is 1. The predicted octanol–water partition coefficient (Wildman–Crippen LogP) is -0.0181. The molecule has 0 bridgehead atoms. The molecule has 0 aromatic carbocycles. The summed E-state index contributed by atoms with van der Waals surface area (Å²) in [4.78, 5) is 61.0. The van der Waals surface area contributed by atoms with Gasteiger partial charge in [-0.15, -0.1) is 0 Å². The van der Waals surface area contributed by atoms with E-state index < -0.39 is 53.5 Å². The van der Waals surface area contributed by atoms with Gasteiger partial charge in [0.1, 0.15) is 0 Å². The maximum absolute atomic E-state index is 11.9. The minimum atomic E-state index is -5.59. The van der Waals surface area contributed by atoms with Crippen LogP contribution in [0, 0.1) is 12.8 Å². The second-order valence-electron chi connectivity index (χ2n) is 6.62. The summed E-state index contributed by atoms with van der Waals surface area (Å²) in [6.45, 7) is 2.84. The van der Waals surface area contributed by atoms with E-state index in [0.717, 1.165) is 0 Å². The molecule has 1 aliphatic rings. The first kappa shape index (κ1) is 25.3. The van der Waals surface area contributed by atoms with Crippen molar-refractivity contribution < 1.29 is 51.2 Å². The number of hydrogen-bond donors (Lipinski definition) is 5. The van der Waals surface area contributed by atoms with E-state index in [1.54, 1.807) is 6.92 Å². The van der Waals surface area contributed by atoms with Crippen molar-refractivity contribution in [3.05, 3.63) is 32.6 Å². The third-order valence-corrected chi connectivity index (χ3v) is 7.84. The zero-order chi connectivity index (χ0) is 22.9. The Morgan fingerprint density at radius 2 is 1.80 bits per heavy atom. The van der Waals surface area contributed by atoms with Crippen LogP contribution in [0.4, 0.5) is 0 Å². The van der Waals surface area contributed by atoms with Gasteiger partial charge in [0.25, 0.3) is 5.56 Å². The minimum absolute atomic E-state index is 0.0867. The van der Waals surface area contributed by atoms with E-state index >= 15 is 0 Å². The topological polar surface area (TPSA) is 224 Å². The van der Waals surface area contributed by atoms with Crippen LogP contribution in [0.1, 0.15) is 18.9 Å². The highest BCUT2D eigenvalue weighted by Gasteiger charge is 2.42. The molecule has 1 aliphatic heterocycles. The molecule has 1 aromatic heterocycles. The van der Waals surface area contributed by atoms with Crippen molar-refractivity contribution in [3.63, 3.8) is 0 Å². The molecule has 0 aliphatic carbocycles. The van der Waals surface area contributed by atoms with Crippen molar-refractivity contribution >= 4 is 23.5 Å². The Labute approximate surface area is 169 Å². The van der Waals surface area contributed by atoms with Crippen molar-refractivity contribution in [2.45, 2.75) is 39.0 Å². The summed E-state index contributed by atoms with van der Waals surface area (Å²) in [6, 6.07) is 0. The average Bonchev–Trinajstić information content (AvgIpc) is 2.87. The molecule has 1 aromatic rings. The number of nitrogens with one attached hydrogen (secondary N) is 1. The van der Waals surface area contributed by atoms with Crippen LogP contribution in [0.5, 0.6) is 0 Å². The Morgan fingerprint density at radius 3 is 2.40 bits per heavy atom. The molecule has 0 saturated carbocycles. The van der Waals surface area contributed by atoms with Crippen LogP contribution in [0.25, 0.3) is 0 Å². The standard InChI is InChI=1S/C12H21N2O13P3/c1-7-3-9(6-24-29(20,21)27-30(22,23)26-28(17,18)19)25-10(7)5-14-4-8(2)11(15)13-12(14)16/h4,7,9-10H,3,5-6H2,1-2H3,(H,20,21)(H,22,23)(H,13,15,16)(H2,17,18,19)/t7-,9-,10-/m0/s1. The molecule has 18 heteroatoms.